The Bertz CT molecular complexity index is 447. The highest BCUT2D eigenvalue weighted by molar-refractivity contribution is 5.88. The smallest absolute Gasteiger partial charge is 0.221 e. The van der Waals surface area contributed by atoms with E-state index in [0.717, 1.165) is 12.0 Å². The molecule has 4 heteroatoms. The second-order valence-corrected chi connectivity index (χ2v) is 4.52. The number of nitrogens with one attached hydrogen (secondary N) is 1. The van der Waals surface area contributed by atoms with E-state index in [1.54, 1.807) is 12.1 Å². The summed E-state index contributed by atoms with van der Waals surface area (Å²) in [4.78, 5) is 10.8. The predicted molar refractivity (Wildman–Crippen MR) is 60.4 cm³/mol. The summed E-state index contributed by atoms with van der Waals surface area (Å²) in [5, 5.41) is 2.43. The van der Waals surface area contributed by atoms with Gasteiger partial charge in [-0.2, -0.15) is 0 Å². The topological polar surface area (TPSA) is 55.1 Å². The zero-order valence-electron chi connectivity index (χ0n) is 9.38. The summed E-state index contributed by atoms with van der Waals surface area (Å²) in [5.74, 6) is -0.330. The highest BCUT2D eigenvalue weighted by Gasteiger charge is 2.49. The van der Waals surface area contributed by atoms with Crippen molar-refractivity contribution in [2.24, 2.45) is 11.7 Å². The van der Waals surface area contributed by atoms with Crippen molar-refractivity contribution in [3.05, 3.63) is 29.6 Å². The van der Waals surface area contributed by atoms with Crippen molar-refractivity contribution in [2.75, 3.05) is 5.32 Å². The number of hydrogen-bond acceptors (Lipinski definition) is 2. The number of carbonyl (C=O) groups excluding carboxylic acids is 1. The summed E-state index contributed by atoms with van der Waals surface area (Å²) in [7, 11) is 0. The number of rotatable bonds is 2. The van der Waals surface area contributed by atoms with Crippen molar-refractivity contribution in [1.29, 1.82) is 0 Å². The molecule has 1 aliphatic rings. The standard InChI is InChI=1S/C12H15FN2O/c1-7-6-12(7,14)9-3-4-11(10(13)5-9)15-8(2)16/h3-5,7H,6,14H2,1-2H3,(H,15,16). The number of amides is 1. The maximum Gasteiger partial charge on any atom is 0.221 e. The molecule has 0 radical (unpaired) electrons. The van der Waals surface area contributed by atoms with E-state index in [1.165, 1.54) is 13.0 Å². The highest BCUT2D eigenvalue weighted by atomic mass is 19.1. The van der Waals surface area contributed by atoms with E-state index in [-0.39, 0.29) is 17.1 Å². The lowest BCUT2D eigenvalue weighted by molar-refractivity contribution is -0.114. The van der Waals surface area contributed by atoms with Gasteiger partial charge in [0.25, 0.3) is 0 Å². The van der Waals surface area contributed by atoms with Gasteiger partial charge >= 0.3 is 0 Å². The lowest BCUT2D eigenvalue weighted by Crippen LogP contribution is -2.21. The number of carbonyl (C=O) groups is 1. The van der Waals surface area contributed by atoms with Crippen LogP contribution in [-0.2, 0) is 10.3 Å². The first kappa shape index (κ1) is 11.1. The molecular weight excluding hydrogens is 207 g/mol. The maximum atomic E-state index is 13.6. The fourth-order valence-electron chi connectivity index (χ4n) is 1.95. The van der Waals surface area contributed by atoms with Crippen LogP contribution in [0.2, 0.25) is 0 Å². The molecule has 1 saturated carbocycles. The molecule has 1 aliphatic carbocycles. The number of benzene rings is 1. The van der Waals surface area contributed by atoms with E-state index in [1.807, 2.05) is 6.92 Å². The number of anilines is 1. The van der Waals surface area contributed by atoms with Gasteiger partial charge in [-0.25, -0.2) is 4.39 Å². The molecule has 2 atom stereocenters. The second kappa shape index (κ2) is 3.56. The SMILES string of the molecule is CC(=O)Nc1ccc(C2(N)CC2C)cc1F. The van der Waals surface area contributed by atoms with Crippen LogP contribution in [0.1, 0.15) is 25.8 Å². The quantitative estimate of drug-likeness (QED) is 0.803. The van der Waals surface area contributed by atoms with Crippen LogP contribution >= 0.6 is 0 Å². The Labute approximate surface area is 93.8 Å². The van der Waals surface area contributed by atoms with Gasteiger partial charge in [0.1, 0.15) is 5.82 Å². The summed E-state index contributed by atoms with van der Waals surface area (Å²) < 4.78 is 13.6. The Kier molecular flexibility index (Phi) is 2.46. The first-order valence-corrected chi connectivity index (χ1v) is 5.30. The Hall–Kier alpha value is -1.42. The zero-order chi connectivity index (χ0) is 11.9. The van der Waals surface area contributed by atoms with Gasteiger partial charge in [-0.1, -0.05) is 13.0 Å². The molecular formula is C12H15FN2O. The van der Waals surface area contributed by atoms with E-state index in [2.05, 4.69) is 5.32 Å². The van der Waals surface area contributed by atoms with Crippen molar-refractivity contribution in [2.45, 2.75) is 25.8 Å². The Morgan fingerprint density at radius 1 is 1.62 bits per heavy atom. The Morgan fingerprint density at radius 2 is 2.25 bits per heavy atom. The molecule has 1 aromatic carbocycles. The zero-order valence-corrected chi connectivity index (χ0v) is 9.38. The summed E-state index contributed by atoms with van der Waals surface area (Å²) in [5.41, 5.74) is 6.70. The number of hydrogen-bond donors (Lipinski definition) is 2. The molecule has 1 fully saturated rings. The Balaban J connectivity index is 2.27. The van der Waals surface area contributed by atoms with Gasteiger partial charge in [-0.05, 0) is 30.0 Å². The Morgan fingerprint density at radius 3 is 2.69 bits per heavy atom. The van der Waals surface area contributed by atoms with Crippen molar-refractivity contribution < 1.29 is 9.18 Å². The van der Waals surface area contributed by atoms with Crippen LogP contribution in [0.15, 0.2) is 18.2 Å². The first-order valence-electron chi connectivity index (χ1n) is 5.30. The van der Waals surface area contributed by atoms with Gasteiger partial charge in [-0.15, -0.1) is 0 Å². The van der Waals surface area contributed by atoms with E-state index in [9.17, 15) is 9.18 Å². The molecule has 86 valence electrons. The summed E-state index contributed by atoms with van der Waals surface area (Å²) in [6, 6.07) is 4.75. The molecule has 0 spiro atoms. The van der Waals surface area contributed by atoms with Crippen LogP contribution in [0.25, 0.3) is 0 Å². The molecule has 1 aromatic rings. The third kappa shape index (κ3) is 1.80. The molecule has 0 bridgehead atoms. The lowest BCUT2D eigenvalue weighted by Gasteiger charge is -2.12. The van der Waals surface area contributed by atoms with Gasteiger partial charge in [0, 0.05) is 12.5 Å². The predicted octanol–water partition coefficient (Wildman–Crippen LogP) is 1.98. The fraction of sp³-hybridized carbons (Fsp3) is 0.417. The molecule has 2 unspecified atom stereocenters. The van der Waals surface area contributed by atoms with Crippen LogP contribution in [0, 0.1) is 11.7 Å². The molecule has 0 heterocycles. The van der Waals surface area contributed by atoms with Crippen molar-refractivity contribution >= 4 is 11.6 Å². The monoisotopic (exact) mass is 222 g/mol. The average molecular weight is 222 g/mol. The number of nitrogens with two attached hydrogens (primary N) is 1. The van der Waals surface area contributed by atoms with Gasteiger partial charge in [0.15, 0.2) is 0 Å². The molecule has 0 saturated heterocycles. The summed E-state index contributed by atoms with van der Waals surface area (Å²) in [6.07, 6.45) is 0.881. The molecule has 16 heavy (non-hydrogen) atoms. The van der Waals surface area contributed by atoms with Crippen molar-refractivity contribution in [1.82, 2.24) is 0 Å². The molecule has 0 aliphatic heterocycles. The molecule has 0 aromatic heterocycles. The summed E-state index contributed by atoms with van der Waals surface area (Å²) >= 11 is 0. The first-order chi connectivity index (χ1) is 7.43. The minimum absolute atomic E-state index is 0.202. The number of halogens is 1. The van der Waals surface area contributed by atoms with E-state index in [0.29, 0.717) is 5.92 Å². The van der Waals surface area contributed by atoms with Crippen LogP contribution in [0.5, 0.6) is 0 Å². The van der Waals surface area contributed by atoms with E-state index >= 15 is 0 Å². The van der Waals surface area contributed by atoms with Crippen LogP contribution < -0.4 is 11.1 Å². The van der Waals surface area contributed by atoms with Gasteiger partial charge in [0.05, 0.1) is 5.69 Å². The molecule has 3 nitrogen and oxygen atoms in total. The van der Waals surface area contributed by atoms with Gasteiger partial charge < -0.3 is 11.1 Å². The van der Waals surface area contributed by atoms with Gasteiger partial charge in [-0.3, -0.25) is 4.79 Å². The molecule has 2 rings (SSSR count). The van der Waals surface area contributed by atoms with Crippen LogP contribution in [-0.4, -0.2) is 5.91 Å². The third-order valence-electron chi connectivity index (χ3n) is 3.18. The van der Waals surface area contributed by atoms with Crippen molar-refractivity contribution in [3.63, 3.8) is 0 Å². The normalized spacial score (nSPS) is 27.6. The fourth-order valence-corrected chi connectivity index (χ4v) is 1.95. The summed E-state index contributed by atoms with van der Waals surface area (Å²) in [6.45, 7) is 3.39. The van der Waals surface area contributed by atoms with Crippen molar-refractivity contribution in [3.8, 4) is 0 Å². The largest absolute Gasteiger partial charge is 0.324 e. The van der Waals surface area contributed by atoms with Crippen LogP contribution in [0.4, 0.5) is 10.1 Å². The average Bonchev–Trinajstić information content (AvgIpc) is 2.79. The maximum absolute atomic E-state index is 13.6. The van der Waals surface area contributed by atoms with Gasteiger partial charge in [0.2, 0.25) is 5.91 Å². The molecule has 3 N–H and O–H groups in total. The van der Waals surface area contributed by atoms with Crippen LogP contribution in [0.3, 0.4) is 0 Å². The highest BCUT2D eigenvalue weighted by Crippen LogP contribution is 2.49. The second-order valence-electron chi connectivity index (χ2n) is 4.52. The minimum atomic E-state index is -0.434. The van der Waals surface area contributed by atoms with E-state index < -0.39 is 5.82 Å². The van der Waals surface area contributed by atoms with E-state index in [4.69, 9.17) is 5.73 Å². The minimum Gasteiger partial charge on any atom is -0.324 e. The lowest BCUT2D eigenvalue weighted by atomic mass is 10.0. The third-order valence-corrected chi connectivity index (χ3v) is 3.18. The molecule has 1 amide bonds.